The number of esters is 1. The number of rotatable bonds is 6. The Balaban J connectivity index is 1.74. The zero-order chi connectivity index (χ0) is 19.9. The minimum atomic E-state index is -0.509. The third-order valence-corrected chi connectivity index (χ3v) is 4.58. The Hall–Kier alpha value is -3.46. The second-order valence-corrected chi connectivity index (χ2v) is 6.59. The van der Waals surface area contributed by atoms with Crippen LogP contribution in [0.2, 0.25) is 0 Å². The summed E-state index contributed by atoms with van der Waals surface area (Å²) in [5.74, 6) is -0.694. The van der Waals surface area contributed by atoms with Crippen molar-refractivity contribution in [1.82, 2.24) is 0 Å². The highest BCUT2D eigenvalue weighted by Crippen LogP contribution is 2.18. The van der Waals surface area contributed by atoms with E-state index in [1.807, 2.05) is 62.4 Å². The first-order valence-corrected chi connectivity index (χ1v) is 9.16. The topological polar surface area (TPSA) is 43.4 Å². The maximum absolute atomic E-state index is 12.9. The second-order valence-electron chi connectivity index (χ2n) is 6.59. The van der Waals surface area contributed by atoms with Crippen LogP contribution in [-0.4, -0.2) is 18.4 Å². The molecule has 0 aromatic heterocycles. The van der Waals surface area contributed by atoms with Crippen LogP contribution < -0.4 is 0 Å². The van der Waals surface area contributed by atoms with Crippen molar-refractivity contribution >= 4 is 17.8 Å². The smallest absolute Gasteiger partial charge is 0.339 e. The van der Waals surface area contributed by atoms with Crippen LogP contribution in [0.1, 0.15) is 43.0 Å². The highest BCUT2D eigenvalue weighted by molar-refractivity contribution is 6.14. The summed E-state index contributed by atoms with van der Waals surface area (Å²) in [7, 11) is 0. The molecule has 3 rings (SSSR count). The van der Waals surface area contributed by atoms with Gasteiger partial charge in [-0.3, -0.25) is 4.79 Å². The summed E-state index contributed by atoms with van der Waals surface area (Å²) in [6.07, 6.45) is 3.67. The third kappa shape index (κ3) is 4.63. The Morgan fingerprint density at radius 2 is 1.50 bits per heavy atom. The summed E-state index contributed by atoms with van der Waals surface area (Å²) in [6.45, 7) is 4.10. The Kier molecular flexibility index (Phi) is 6.18. The molecular formula is C25H22O3. The normalized spacial score (nSPS) is 10.8. The Labute approximate surface area is 165 Å². The number of hydrogen-bond donors (Lipinski definition) is 0. The quantitative estimate of drug-likeness (QED) is 0.431. The monoisotopic (exact) mass is 370 g/mol. The van der Waals surface area contributed by atoms with Gasteiger partial charge in [0, 0.05) is 11.1 Å². The van der Waals surface area contributed by atoms with Crippen molar-refractivity contribution < 1.29 is 14.3 Å². The summed E-state index contributed by atoms with van der Waals surface area (Å²) < 4.78 is 5.34. The predicted molar refractivity (Wildman–Crippen MR) is 112 cm³/mol. The van der Waals surface area contributed by atoms with Crippen LogP contribution in [0.5, 0.6) is 0 Å². The highest BCUT2D eigenvalue weighted by Gasteiger charge is 2.19. The van der Waals surface area contributed by atoms with Gasteiger partial charge in [0.2, 0.25) is 0 Å². The molecule has 0 atom stereocenters. The van der Waals surface area contributed by atoms with Gasteiger partial charge >= 0.3 is 5.97 Å². The Morgan fingerprint density at radius 3 is 2.21 bits per heavy atom. The molecule has 28 heavy (non-hydrogen) atoms. The van der Waals surface area contributed by atoms with Crippen LogP contribution in [0.4, 0.5) is 0 Å². The van der Waals surface area contributed by atoms with Crippen molar-refractivity contribution in [1.29, 1.82) is 0 Å². The van der Waals surface area contributed by atoms with E-state index in [1.54, 1.807) is 36.4 Å². The summed E-state index contributed by atoms with van der Waals surface area (Å²) in [5, 5.41) is 0. The molecule has 0 spiro atoms. The molecule has 0 saturated carbocycles. The molecule has 3 aromatic rings. The third-order valence-electron chi connectivity index (χ3n) is 4.58. The maximum atomic E-state index is 12.9. The van der Waals surface area contributed by atoms with Gasteiger partial charge in [-0.15, -0.1) is 0 Å². The average Bonchev–Trinajstić information content (AvgIpc) is 2.73. The van der Waals surface area contributed by atoms with Gasteiger partial charge in [-0.1, -0.05) is 66.7 Å². The largest absolute Gasteiger partial charge is 0.458 e. The molecule has 0 aliphatic rings. The van der Waals surface area contributed by atoms with E-state index in [1.165, 1.54) is 0 Å². The van der Waals surface area contributed by atoms with E-state index in [2.05, 4.69) is 0 Å². The lowest BCUT2D eigenvalue weighted by atomic mass is 9.96. The van der Waals surface area contributed by atoms with Crippen molar-refractivity contribution in [2.45, 2.75) is 13.8 Å². The molecule has 0 N–H and O–H groups in total. The lowest BCUT2D eigenvalue weighted by Gasteiger charge is -2.09. The van der Waals surface area contributed by atoms with Gasteiger partial charge in [0.25, 0.3) is 0 Å². The molecule has 140 valence electrons. The summed E-state index contributed by atoms with van der Waals surface area (Å²) in [6, 6.07) is 22.1. The van der Waals surface area contributed by atoms with Gasteiger partial charge in [-0.05, 0) is 48.7 Å². The summed E-state index contributed by atoms with van der Waals surface area (Å²) in [4.78, 5) is 25.5. The SMILES string of the molecule is Cc1ccc(C(=O)c2ccccc2C(=O)OCC=Cc2ccccc2)cc1C. The molecule has 3 heteroatoms. The van der Waals surface area contributed by atoms with Crippen LogP contribution in [0, 0.1) is 13.8 Å². The van der Waals surface area contributed by atoms with Crippen LogP contribution in [0.25, 0.3) is 6.08 Å². The number of benzene rings is 3. The molecule has 0 unspecified atom stereocenters. The Morgan fingerprint density at radius 1 is 0.821 bits per heavy atom. The second kappa shape index (κ2) is 8.96. The number of hydrogen-bond acceptors (Lipinski definition) is 3. The molecule has 0 radical (unpaired) electrons. The minimum absolute atomic E-state index is 0.139. The average molecular weight is 370 g/mol. The number of ketones is 1. The zero-order valence-electron chi connectivity index (χ0n) is 16.0. The lowest BCUT2D eigenvalue weighted by Crippen LogP contribution is -2.13. The standard InChI is InChI=1S/C25H22O3/c1-18-14-15-21(17-19(18)2)24(26)22-12-6-7-13-23(22)25(27)28-16-8-11-20-9-4-3-5-10-20/h3-15,17H,16H2,1-2H3. The van der Waals surface area contributed by atoms with E-state index in [-0.39, 0.29) is 18.0 Å². The van der Waals surface area contributed by atoms with Gasteiger partial charge in [0.1, 0.15) is 6.61 Å². The van der Waals surface area contributed by atoms with Crippen LogP contribution >= 0.6 is 0 Å². The van der Waals surface area contributed by atoms with Gasteiger partial charge < -0.3 is 4.74 Å². The van der Waals surface area contributed by atoms with Crippen molar-refractivity contribution in [2.24, 2.45) is 0 Å². The van der Waals surface area contributed by atoms with Crippen molar-refractivity contribution in [3.05, 3.63) is 112 Å². The fourth-order valence-electron chi connectivity index (χ4n) is 2.85. The molecule has 0 heterocycles. The number of aryl methyl sites for hydroxylation is 2. The molecule has 0 aliphatic carbocycles. The van der Waals surface area contributed by atoms with Gasteiger partial charge in [0.05, 0.1) is 5.56 Å². The van der Waals surface area contributed by atoms with Crippen LogP contribution in [-0.2, 0) is 4.74 Å². The zero-order valence-corrected chi connectivity index (χ0v) is 16.0. The van der Waals surface area contributed by atoms with E-state index in [0.717, 1.165) is 16.7 Å². The van der Waals surface area contributed by atoms with Crippen molar-refractivity contribution in [3.8, 4) is 0 Å². The fraction of sp³-hybridized carbons (Fsp3) is 0.120. The van der Waals surface area contributed by atoms with E-state index in [4.69, 9.17) is 4.74 Å². The van der Waals surface area contributed by atoms with E-state index in [9.17, 15) is 9.59 Å². The van der Waals surface area contributed by atoms with Crippen molar-refractivity contribution in [2.75, 3.05) is 6.61 Å². The van der Waals surface area contributed by atoms with Gasteiger partial charge in [-0.2, -0.15) is 0 Å². The summed E-state index contributed by atoms with van der Waals surface area (Å²) in [5.41, 5.74) is 4.38. The predicted octanol–water partition coefficient (Wildman–Crippen LogP) is 5.40. The first kappa shape index (κ1) is 19.3. The summed E-state index contributed by atoms with van der Waals surface area (Å²) >= 11 is 0. The molecule has 0 bridgehead atoms. The van der Waals surface area contributed by atoms with E-state index in [0.29, 0.717) is 11.1 Å². The van der Waals surface area contributed by atoms with Gasteiger partial charge in [0.15, 0.2) is 5.78 Å². The minimum Gasteiger partial charge on any atom is -0.458 e. The molecule has 3 nitrogen and oxygen atoms in total. The number of ether oxygens (including phenoxy) is 1. The maximum Gasteiger partial charge on any atom is 0.339 e. The van der Waals surface area contributed by atoms with E-state index < -0.39 is 5.97 Å². The van der Waals surface area contributed by atoms with Gasteiger partial charge in [-0.25, -0.2) is 4.79 Å². The first-order chi connectivity index (χ1) is 13.6. The van der Waals surface area contributed by atoms with E-state index >= 15 is 0 Å². The number of carbonyl (C=O) groups is 2. The van der Waals surface area contributed by atoms with Crippen LogP contribution in [0.3, 0.4) is 0 Å². The lowest BCUT2D eigenvalue weighted by molar-refractivity contribution is 0.0547. The number of carbonyl (C=O) groups excluding carboxylic acids is 2. The fourth-order valence-corrected chi connectivity index (χ4v) is 2.85. The molecule has 0 amide bonds. The molecule has 3 aromatic carbocycles. The molecular weight excluding hydrogens is 348 g/mol. The van der Waals surface area contributed by atoms with Crippen LogP contribution in [0.15, 0.2) is 78.9 Å². The molecule has 0 saturated heterocycles. The van der Waals surface area contributed by atoms with Crippen molar-refractivity contribution in [3.63, 3.8) is 0 Å². The highest BCUT2D eigenvalue weighted by atomic mass is 16.5. The molecule has 0 aliphatic heterocycles. The Bertz CT molecular complexity index is 1020. The molecule has 0 fully saturated rings. The first-order valence-electron chi connectivity index (χ1n) is 9.16.